The minimum atomic E-state index is 0.898. The summed E-state index contributed by atoms with van der Waals surface area (Å²) in [6.45, 7) is 6.60. The largest absolute Gasteiger partial charge is 0.398 e. The number of benzene rings is 1. The monoisotopic (exact) mass is 219 g/mol. The van der Waals surface area contributed by atoms with Gasteiger partial charge in [0, 0.05) is 31.0 Å². The molecule has 16 heavy (non-hydrogen) atoms. The van der Waals surface area contributed by atoms with Gasteiger partial charge in [0.25, 0.3) is 0 Å². The van der Waals surface area contributed by atoms with Crippen LogP contribution in [0.25, 0.3) is 0 Å². The van der Waals surface area contributed by atoms with Crippen molar-refractivity contribution in [3.8, 4) is 0 Å². The maximum Gasteiger partial charge on any atom is 0.0387 e. The second-order valence-corrected chi connectivity index (χ2v) is 4.68. The smallest absolute Gasteiger partial charge is 0.0387 e. The summed E-state index contributed by atoms with van der Waals surface area (Å²) in [5, 5.41) is 0. The van der Waals surface area contributed by atoms with Gasteiger partial charge in [-0.05, 0) is 44.6 Å². The molecule has 0 spiro atoms. The van der Waals surface area contributed by atoms with Crippen LogP contribution in [0.5, 0.6) is 0 Å². The molecule has 0 amide bonds. The Labute approximate surface area is 97.8 Å². The summed E-state index contributed by atoms with van der Waals surface area (Å²) < 4.78 is 0. The van der Waals surface area contributed by atoms with Crippen LogP contribution >= 0.6 is 0 Å². The summed E-state index contributed by atoms with van der Waals surface area (Å²) in [5.74, 6) is 0. The van der Waals surface area contributed by atoms with Crippen molar-refractivity contribution in [1.29, 1.82) is 0 Å². The van der Waals surface area contributed by atoms with Gasteiger partial charge in [-0.15, -0.1) is 0 Å². The Hall–Kier alpha value is -1.22. The van der Waals surface area contributed by atoms with Crippen LogP contribution in [0.3, 0.4) is 0 Å². The van der Waals surface area contributed by atoms with Crippen molar-refractivity contribution in [3.05, 3.63) is 23.8 Å². The number of hydrogen-bond donors (Lipinski definition) is 1. The molecule has 0 saturated carbocycles. The molecule has 0 aromatic heterocycles. The fraction of sp³-hybridized carbons (Fsp3) is 0.538. The van der Waals surface area contributed by atoms with E-state index in [9.17, 15) is 0 Å². The second-order valence-electron chi connectivity index (χ2n) is 4.68. The molecule has 3 heteroatoms. The van der Waals surface area contributed by atoms with Crippen LogP contribution in [0.4, 0.5) is 11.4 Å². The van der Waals surface area contributed by atoms with E-state index in [2.05, 4.69) is 42.0 Å². The van der Waals surface area contributed by atoms with Crippen LogP contribution in [-0.2, 0) is 0 Å². The van der Waals surface area contributed by atoms with Gasteiger partial charge in [-0.25, -0.2) is 0 Å². The zero-order chi connectivity index (χ0) is 11.5. The van der Waals surface area contributed by atoms with Crippen LogP contribution in [0.1, 0.15) is 12.0 Å². The Morgan fingerprint density at radius 2 is 1.94 bits per heavy atom. The van der Waals surface area contributed by atoms with Crippen LogP contribution in [-0.4, -0.2) is 38.1 Å². The molecular weight excluding hydrogens is 198 g/mol. The maximum absolute atomic E-state index is 5.96. The van der Waals surface area contributed by atoms with E-state index >= 15 is 0 Å². The second kappa shape index (κ2) is 4.74. The normalized spacial score (nSPS) is 18.5. The first kappa shape index (κ1) is 11.3. The maximum atomic E-state index is 5.96. The lowest BCUT2D eigenvalue weighted by molar-refractivity contribution is 0.360. The SMILES string of the molecule is Cc1ccc(N2CCCN(C)CC2)cc1N. The Bertz CT molecular complexity index is 362. The lowest BCUT2D eigenvalue weighted by Gasteiger charge is -2.23. The van der Waals surface area contributed by atoms with E-state index in [0.717, 1.165) is 30.9 Å². The summed E-state index contributed by atoms with van der Waals surface area (Å²) in [7, 11) is 2.19. The first-order valence-electron chi connectivity index (χ1n) is 5.96. The van der Waals surface area contributed by atoms with E-state index in [-0.39, 0.29) is 0 Å². The molecule has 2 N–H and O–H groups in total. The fourth-order valence-corrected chi connectivity index (χ4v) is 2.13. The van der Waals surface area contributed by atoms with E-state index < -0.39 is 0 Å². The van der Waals surface area contributed by atoms with Crippen molar-refractivity contribution < 1.29 is 0 Å². The molecule has 0 unspecified atom stereocenters. The van der Waals surface area contributed by atoms with Gasteiger partial charge in [0.1, 0.15) is 0 Å². The number of anilines is 2. The molecular formula is C13H21N3. The highest BCUT2D eigenvalue weighted by Crippen LogP contribution is 2.21. The minimum Gasteiger partial charge on any atom is -0.398 e. The van der Waals surface area contributed by atoms with Crippen molar-refractivity contribution >= 4 is 11.4 Å². The summed E-state index contributed by atoms with van der Waals surface area (Å²) in [6, 6.07) is 6.39. The number of hydrogen-bond acceptors (Lipinski definition) is 3. The molecule has 0 atom stereocenters. The molecule has 0 bridgehead atoms. The third kappa shape index (κ3) is 2.47. The summed E-state index contributed by atoms with van der Waals surface area (Å²) in [4.78, 5) is 4.82. The molecule has 2 rings (SSSR count). The molecule has 1 saturated heterocycles. The average molecular weight is 219 g/mol. The quantitative estimate of drug-likeness (QED) is 0.730. The van der Waals surface area contributed by atoms with Crippen LogP contribution < -0.4 is 10.6 Å². The molecule has 0 aliphatic carbocycles. The third-order valence-electron chi connectivity index (χ3n) is 3.35. The van der Waals surface area contributed by atoms with Crippen LogP contribution in [0.15, 0.2) is 18.2 Å². The molecule has 1 aromatic rings. The van der Waals surface area contributed by atoms with Gasteiger partial charge in [0.05, 0.1) is 0 Å². The van der Waals surface area contributed by atoms with E-state index in [1.807, 2.05) is 0 Å². The van der Waals surface area contributed by atoms with Crippen molar-refractivity contribution in [2.45, 2.75) is 13.3 Å². The topological polar surface area (TPSA) is 32.5 Å². The number of nitrogens with two attached hydrogens (primary N) is 1. The molecule has 88 valence electrons. The van der Waals surface area contributed by atoms with Crippen molar-refractivity contribution in [2.24, 2.45) is 0 Å². The molecule has 1 heterocycles. The van der Waals surface area contributed by atoms with Gasteiger partial charge >= 0.3 is 0 Å². The summed E-state index contributed by atoms with van der Waals surface area (Å²) >= 11 is 0. The van der Waals surface area contributed by atoms with Gasteiger partial charge in [-0.2, -0.15) is 0 Å². The van der Waals surface area contributed by atoms with Crippen LogP contribution in [0, 0.1) is 6.92 Å². The van der Waals surface area contributed by atoms with E-state index in [1.165, 1.54) is 18.7 Å². The predicted octanol–water partition coefficient (Wildman–Crippen LogP) is 1.72. The summed E-state index contributed by atoms with van der Waals surface area (Å²) in [5.41, 5.74) is 9.28. The lowest BCUT2D eigenvalue weighted by atomic mass is 10.1. The standard InChI is InChI=1S/C13H21N3/c1-11-4-5-12(10-13(11)14)16-7-3-6-15(2)8-9-16/h4-5,10H,3,6-9,14H2,1-2H3. The number of nitrogens with zero attached hydrogens (tertiary/aromatic N) is 2. The Morgan fingerprint density at radius 3 is 2.69 bits per heavy atom. The highest BCUT2D eigenvalue weighted by Gasteiger charge is 2.12. The number of likely N-dealkylation sites (N-methyl/N-ethyl adjacent to an activating group) is 1. The molecule has 0 radical (unpaired) electrons. The Kier molecular flexibility index (Phi) is 3.34. The Balaban J connectivity index is 2.13. The van der Waals surface area contributed by atoms with Crippen molar-refractivity contribution in [3.63, 3.8) is 0 Å². The Morgan fingerprint density at radius 1 is 1.12 bits per heavy atom. The summed E-state index contributed by atoms with van der Waals surface area (Å²) in [6.07, 6.45) is 1.23. The molecule has 3 nitrogen and oxygen atoms in total. The van der Waals surface area contributed by atoms with Crippen molar-refractivity contribution in [2.75, 3.05) is 43.9 Å². The van der Waals surface area contributed by atoms with Crippen LogP contribution in [0.2, 0.25) is 0 Å². The first-order valence-corrected chi connectivity index (χ1v) is 5.96. The van der Waals surface area contributed by atoms with E-state index in [1.54, 1.807) is 0 Å². The molecule has 1 aliphatic rings. The zero-order valence-electron chi connectivity index (χ0n) is 10.2. The van der Waals surface area contributed by atoms with Crippen molar-refractivity contribution in [1.82, 2.24) is 4.90 Å². The number of aryl methyl sites for hydroxylation is 1. The average Bonchev–Trinajstić information content (AvgIpc) is 2.47. The predicted molar refractivity (Wildman–Crippen MR) is 69.9 cm³/mol. The molecule has 1 fully saturated rings. The lowest BCUT2D eigenvalue weighted by Crippen LogP contribution is -2.28. The number of nitrogen functional groups attached to an aromatic ring is 1. The fourth-order valence-electron chi connectivity index (χ4n) is 2.13. The van der Waals surface area contributed by atoms with Gasteiger partial charge in [-0.1, -0.05) is 6.07 Å². The molecule has 1 aromatic carbocycles. The highest BCUT2D eigenvalue weighted by molar-refractivity contribution is 5.59. The van der Waals surface area contributed by atoms with Gasteiger partial charge in [0.2, 0.25) is 0 Å². The number of rotatable bonds is 1. The van der Waals surface area contributed by atoms with Gasteiger partial charge in [-0.3, -0.25) is 0 Å². The van der Waals surface area contributed by atoms with E-state index in [4.69, 9.17) is 5.73 Å². The highest BCUT2D eigenvalue weighted by atomic mass is 15.2. The zero-order valence-corrected chi connectivity index (χ0v) is 10.2. The minimum absolute atomic E-state index is 0.898. The first-order chi connectivity index (χ1) is 7.66. The third-order valence-corrected chi connectivity index (χ3v) is 3.35. The van der Waals surface area contributed by atoms with Gasteiger partial charge < -0.3 is 15.5 Å². The van der Waals surface area contributed by atoms with E-state index in [0.29, 0.717) is 0 Å². The molecule has 1 aliphatic heterocycles. The van der Waals surface area contributed by atoms with Gasteiger partial charge in [0.15, 0.2) is 0 Å².